The Kier molecular flexibility index (Phi) is 5.54. The first kappa shape index (κ1) is 22.1. The van der Waals surface area contributed by atoms with Crippen LogP contribution >= 0.6 is 22.7 Å². The van der Waals surface area contributed by atoms with E-state index in [1.54, 1.807) is 35.7 Å². The number of Topliss-reactive ketones (excluding diaryl/α,β-unsaturated/α-hetero) is 1. The number of benzene rings is 2. The number of halogens is 1. The zero-order valence-corrected chi connectivity index (χ0v) is 19.6. The van der Waals surface area contributed by atoms with Crippen LogP contribution in [-0.4, -0.2) is 36.0 Å². The first-order chi connectivity index (χ1) is 16.4. The maximum atomic E-state index is 13.8. The highest BCUT2D eigenvalue weighted by atomic mass is 32.1. The molecule has 10 heteroatoms. The fraction of sp³-hybridized carbons (Fsp3) is 0.125. The number of thiazole rings is 1. The fourth-order valence-corrected chi connectivity index (χ4v) is 5.68. The van der Waals surface area contributed by atoms with Gasteiger partial charge in [0.15, 0.2) is 22.4 Å². The van der Waals surface area contributed by atoms with Crippen LogP contribution in [0.1, 0.15) is 21.3 Å². The lowest BCUT2D eigenvalue weighted by atomic mass is 9.94. The van der Waals surface area contributed by atoms with Crippen LogP contribution in [0.2, 0.25) is 0 Å². The summed E-state index contributed by atoms with van der Waals surface area (Å²) in [5.74, 6) is -1.66. The van der Waals surface area contributed by atoms with E-state index in [0.717, 1.165) is 11.3 Å². The molecule has 1 aliphatic rings. The van der Waals surface area contributed by atoms with Crippen LogP contribution in [0.25, 0.3) is 10.2 Å². The largest absolute Gasteiger partial charge is 0.503 e. The maximum Gasteiger partial charge on any atom is 0.296 e. The van der Waals surface area contributed by atoms with Crippen molar-refractivity contribution in [1.29, 1.82) is 0 Å². The summed E-state index contributed by atoms with van der Waals surface area (Å²) in [6.07, 6.45) is 0. The van der Waals surface area contributed by atoms with Crippen molar-refractivity contribution in [3.8, 4) is 11.5 Å². The quantitative estimate of drug-likeness (QED) is 0.365. The summed E-state index contributed by atoms with van der Waals surface area (Å²) in [5, 5.41) is 12.9. The van der Waals surface area contributed by atoms with Gasteiger partial charge in [0.1, 0.15) is 11.9 Å². The number of aromatic nitrogens is 1. The maximum absolute atomic E-state index is 13.8. The highest BCUT2D eigenvalue weighted by molar-refractivity contribution is 7.22. The number of ketones is 1. The average Bonchev–Trinajstić information content (AvgIpc) is 3.57. The zero-order chi connectivity index (χ0) is 24.0. The third kappa shape index (κ3) is 3.42. The minimum atomic E-state index is -1.04. The van der Waals surface area contributed by atoms with Gasteiger partial charge in [-0.1, -0.05) is 29.5 Å². The van der Waals surface area contributed by atoms with E-state index in [0.29, 0.717) is 32.2 Å². The fourth-order valence-electron chi connectivity index (χ4n) is 3.99. The van der Waals surface area contributed by atoms with E-state index in [-0.39, 0.29) is 10.7 Å². The second-order valence-electron chi connectivity index (χ2n) is 7.34. The van der Waals surface area contributed by atoms with E-state index in [9.17, 15) is 19.1 Å². The number of amides is 1. The van der Waals surface area contributed by atoms with E-state index < -0.39 is 29.3 Å². The Morgan fingerprint density at radius 1 is 1.15 bits per heavy atom. The van der Waals surface area contributed by atoms with Crippen molar-refractivity contribution in [3.05, 3.63) is 81.5 Å². The molecule has 0 spiro atoms. The van der Waals surface area contributed by atoms with Gasteiger partial charge < -0.3 is 14.6 Å². The van der Waals surface area contributed by atoms with Crippen LogP contribution in [0.4, 0.5) is 9.52 Å². The van der Waals surface area contributed by atoms with Crippen LogP contribution in [0.5, 0.6) is 11.5 Å². The lowest BCUT2D eigenvalue weighted by molar-refractivity contribution is -0.117. The van der Waals surface area contributed by atoms with Gasteiger partial charge in [-0.25, -0.2) is 9.37 Å². The second kappa shape index (κ2) is 8.54. The number of anilines is 1. The van der Waals surface area contributed by atoms with E-state index in [2.05, 4.69) is 4.98 Å². The third-order valence-corrected chi connectivity index (χ3v) is 7.36. The number of carbonyl (C=O) groups is 2. The number of aliphatic hydroxyl groups excluding tert-OH is 1. The van der Waals surface area contributed by atoms with Gasteiger partial charge in [-0.05, 0) is 35.7 Å². The molecule has 7 nitrogen and oxygen atoms in total. The van der Waals surface area contributed by atoms with Crippen molar-refractivity contribution in [2.24, 2.45) is 0 Å². The van der Waals surface area contributed by atoms with Crippen molar-refractivity contribution in [1.82, 2.24) is 4.98 Å². The van der Waals surface area contributed by atoms with Crippen molar-refractivity contribution in [3.63, 3.8) is 0 Å². The SMILES string of the molecule is COc1cccc(C2C(C(=O)c3cccs3)=C(O)C(=O)N2c2nc3ccc(F)cc3s2)c1OC. The Morgan fingerprint density at radius 2 is 1.97 bits per heavy atom. The summed E-state index contributed by atoms with van der Waals surface area (Å²) in [4.78, 5) is 32.9. The van der Waals surface area contributed by atoms with E-state index >= 15 is 0 Å². The van der Waals surface area contributed by atoms with Gasteiger partial charge in [-0.2, -0.15) is 0 Å². The van der Waals surface area contributed by atoms with E-state index in [4.69, 9.17) is 9.47 Å². The molecule has 1 N–H and O–H groups in total. The molecule has 0 radical (unpaired) electrons. The molecule has 34 heavy (non-hydrogen) atoms. The van der Waals surface area contributed by atoms with Gasteiger partial charge in [0, 0.05) is 5.56 Å². The summed E-state index contributed by atoms with van der Waals surface area (Å²) in [6, 6.07) is 11.5. The molecule has 1 unspecified atom stereocenters. The van der Waals surface area contributed by atoms with Crippen molar-refractivity contribution < 1.29 is 28.6 Å². The molecule has 0 bridgehead atoms. The van der Waals surface area contributed by atoms with Gasteiger partial charge in [-0.15, -0.1) is 11.3 Å². The Morgan fingerprint density at radius 3 is 2.68 bits per heavy atom. The standard InChI is InChI=1S/C24H17FN2O5S2/c1-31-15-6-3-5-13(22(15)32-2)19-18(20(28)16-7-4-10-33-16)21(29)23(30)27(19)24-26-14-9-8-12(25)11-17(14)34-24/h3-11,19,29H,1-2H3. The third-order valence-electron chi connectivity index (χ3n) is 5.47. The highest BCUT2D eigenvalue weighted by Crippen LogP contribution is 2.48. The van der Waals surface area contributed by atoms with Gasteiger partial charge in [-0.3, -0.25) is 14.5 Å². The molecule has 3 heterocycles. The topological polar surface area (TPSA) is 89.0 Å². The molecule has 0 saturated carbocycles. The summed E-state index contributed by atoms with van der Waals surface area (Å²) in [7, 11) is 2.93. The van der Waals surface area contributed by atoms with Gasteiger partial charge >= 0.3 is 0 Å². The molecule has 2 aromatic heterocycles. The van der Waals surface area contributed by atoms with Crippen LogP contribution < -0.4 is 14.4 Å². The Balaban J connectivity index is 1.74. The monoisotopic (exact) mass is 496 g/mol. The molecule has 1 aliphatic heterocycles. The minimum absolute atomic E-state index is 0.0931. The molecule has 1 amide bonds. The molecule has 1 atom stereocenters. The van der Waals surface area contributed by atoms with Gasteiger partial charge in [0.05, 0.1) is 34.9 Å². The molecule has 0 fully saturated rings. The predicted octanol–water partition coefficient (Wildman–Crippen LogP) is 5.30. The smallest absolute Gasteiger partial charge is 0.296 e. The first-order valence-electron chi connectivity index (χ1n) is 10.1. The molecule has 5 rings (SSSR count). The Labute approximate surface area is 201 Å². The molecular weight excluding hydrogens is 479 g/mol. The lowest BCUT2D eigenvalue weighted by Crippen LogP contribution is -2.31. The average molecular weight is 497 g/mol. The van der Waals surface area contributed by atoms with Crippen LogP contribution in [0.3, 0.4) is 0 Å². The lowest BCUT2D eigenvalue weighted by Gasteiger charge is -2.26. The number of aliphatic hydroxyl groups is 1. The Hall–Kier alpha value is -3.76. The number of hydrogen-bond donors (Lipinski definition) is 1. The first-order valence-corrected chi connectivity index (χ1v) is 11.8. The Bertz CT molecular complexity index is 1460. The number of hydrogen-bond acceptors (Lipinski definition) is 8. The zero-order valence-electron chi connectivity index (χ0n) is 17.9. The molecule has 0 saturated heterocycles. The number of thiophene rings is 1. The van der Waals surface area contributed by atoms with E-state index in [1.807, 2.05) is 0 Å². The molecule has 0 aliphatic carbocycles. The summed E-state index contributed by atoms with van der Waals surface area (Å²) < 4.78 is 25.3. The number of carbonyl (C=O) groups excluding carboxylic acids is 2. The highest BCUT2D eigenvalue weighted by Gasteiger charge is 2.47. The summed E-state index contributed by atoms with van der Waals surface area (Å²) >= 11 is 2.29. The molecule has 4 aromatic rings. The van der Waals surface area contributed by atoms with Gasteiger partial charge in [0.25, 0.3) is 5.91 Å². The predicted molar refractivity (Wildman–Crippen MR) is 128 cm³/mol. The summed E-state index contributed by atoms with van der Waals surface area (Å²) in [5.41, 5.74) is 0.831. The van der Waals surface area contributed by atoms with Crippen molar-refractivity contribution in [2.75, 3.05) is 19.1 Å². The number of ether oxygens (including phenoxy) is 2. The number of para-hydroxylation sites is 1. The summed E-state index contributed by atoms with van der Waals surface area (Å²) in [6.45, 7) is 0. The molecule has 172 valence electrons. The molecule has 2 aromatic carbocycles. The molecular formula is C24H17FN2O5S2. The van der Waals surface area contributed by atoms with Crippen LogP contribution in [0, 0.1) is 5.82 Å². The number of nitrogens with zero attached hydrogens (tertiary/aromatic N) is 2. The number of fused-ring (bicyclic) bond motifs is 1. The van der Waals surface area contributed by atoms with Crippen LogP contribution in [0.15, 0.2) is 65.2 Å². The van der Waals surface area contributed by atoms with Gasteiger partial charge in [0.2, 0.25) is 5.78 Å². The number of rotatable bonds is 6. The normalized spacial score (nSPS) is 15.9. The second-order valence-corrected chi connectivity index (χ2v) is 9.29. The van der Waals surface area contributed by atoms with Crippen molar-refractivity contribution >= 4 is 49.7 Å². The van der Waals surface area contributed by atoms with Crippen LogP contribution in [-0.2, 0) is 4.79 Å². The number of methoxy groups -OCH3 is 2. The van der Waals surface area contributed by atoms with Crippen molar-refractivity contribution in [2.45, 2.75) is 6.04 Å². The van der Waals surface area contributed by atoms with E-state index in [1.165, 1.54) is 48.7 Å². The minimum Gasteiger partial charge on any atom is -0.503 e.